The van der Waals surface area contributed by atoms with Crippen LogP contribution >= 0.6 is 24.0 Å². The molecule has 0 fully saturated rings. The molecule has 21 heavy (non-hydrogen) atoms. The van der Waals surface area contributed by atoms with Gasteiger partial charge in [0.25, 0.3) is 0 Å². The maximum Gasteiger partial charge on any atom is 0.358 e. The van der Waals surface area contributed by atoms with Gasteiger partial charge >= 0.3 is 5.97 Å². The van der Waals surface area contributed by atoms with Crippen LogP contribution in [0.3, 0.4) is 0 Å². The van der Waals surface area contributed by atoms with E-state index in [2.05, 4.69) is 9.72 Å². The van der Waals surface area contributed by atoms with E-state index in [1.165, 1.54) is 25.2 Å². The number of thiocarbonyl (C=S) groups is 1. The molecule has 1 heterocycles. The molecule has 0 atom stereocenters. The van der Waals surface area contributed by atoms with E-state index < -0.39 is 5.97 Å². The first-order valence-electron chi connectivity index (χ1n) is 6.06. The molecular formula is C14H14N2O3S2. The lowest BCUT2D eigenvalue weighted by atomic mass is 10.2. The molecule has 2 aromatic rings. The van der Waals surface area contributed by atoms with Crippen molar-refractivity contribution < 1.29 is 14.3 Å². The third kappa shape index (κ3) is 4.05. The molecule has 7 heteroatoms. The van der Waals surface area contributed by atoms with Crippen LogP contribution in [-0.2, 0) is 10.5 Å². The monoisotopic (exact) mass is 322 g/mol. The summed E-state index contributed by atoms with van der Waals surface area (Å²) in [6.07, 6.45) is 3.07. The smallest absolute Gasteiger partial charge is 0.358 e. The van der Waals surface area contributed by atoms with Crippen molar-refractivity contribution >= 4 is 34.3 Å². The van der Waals surface area contributed by atoms with Crippen molar-refractivity contribution in [2.75, 3.05) is 14.2 Å². The van der Waals surface area contributed by atoms with Gasteiger partial charge in [0, 0.05) is 11.9 Å². The Hall–Kier alpha value is -1.86. The van der Waals surface area contributed by atoms with Gasteiger partial charge in [0.15, 0.2) is 5.69 Å². The zero-order valence-electron chi connectivity index (χ0n) is 11.6. The molecule has 1 aromatic heterocycles. The molecule has 1 aromatic carbocycles. The summed E-state index contributed by atoms with van der Waals surface area (Å²) in [7, 11) is 2.95. The molecule has 0 saturated heterocycles. The van der Waals surface area contributed by atoms with Gasteiger partial charge in [-0.2, -0.15) is 0 Å². The van der Waals surface area contributed by atoms with E-state index in [-0.39, 0.29) is 5.69 Å². The molecule has 5 nitrogen and oxygen atoms in total. The van der Waals surface area contributed by atoms with Crippen molar-refractivity contribution in [2.45, 2.75) is 5.75 Å². The first-order valence-corrected chi connectivity index (χ1v) is 7.46. The Morgan fingerprint density at radius 3 is 2.67 bits per heavy atom. The average Bonchev–Trinajstić information content (AvgIpc) is 3.02. The predicted molar refractivity (Wildman–Crippen MR) is 85.9 cm³/mol. The number of rotatable bonds is 4. The number of hydrogen-bond donors (Lipinski definition) is 0. The van der Waals surface area contributed by atoms with Gasteiger partial charge in [-0.3, -0.25) is 4.57 Å². The third-order valence-electron chi connectivity index (χ3n) is 2.71. The lowest BCUT2D eigenvalue weighted by Gasteiger charge is -2.05. The minimum absolute atomic E-state index is 0.241. The number of nitrogens with zero attached hydrogens (tertiary/aromatic N) is 2. The number of carbonyl (C=O) groups excluding carboxylic acids is 1. The fourth-order valence-corrected chi connectivity index (χ4v) is 2.58. The van der Waals surface area contributed by atoms with Crippen molar-refractivity contribution in [3.8, 4) is 5.75 Å². The Morgan fingerprint density at radius 1 is 1.33 bits per heavy atom. The summed E-state index contributed by atoms with van der Waals surface area (Å²) in [4.78, 5) is 15.3. The normalized spacial score (nSPS) is 10.2. The van der Waals surface area contributed by atoms with Crippen molar-refractivity contribution in [2.24, 2.45) is 0 Å². The minimum Gasteiger partial charge on any atom is -0.497 e. The zero-order chi connectivity index (χ0) is 15.2. The Balaban J connectivity index is 1.94. The summed E-state index contributed by atoms with van der Waals surface area (Å²) in [5, 5.41) is 0. The molecule has 0 radical (unpaired) electrons. The standard InChI is InChI=1S/C14H14N2O3S2/c1-18-11-5-3-10(4-6-11)8-21-14(20)16-7-12(15-9-16)13(17)19-2/h3-7,9H,8H2,1-2H3. The van der Waals surface area contributed by atoms with E-state index in [0.717, 1.165) is 17.1 Å². The summed E-state index contributed by atoms with van der Waals surface area (Å²) >= 11 is 6.80. The maximum atomic E-state index is 11.3. The first kappa shape index (κ1) is 15.5. The molecule has 0 bridgehead atoms. The van der Waals surface area contributed by atoms with Gasteiger partial charge in [-0.25, -0.2) is 9.78 Å². The fourth-order valence-electron chi connectivity index (χ4n) is 1.57. The Bertz CT molecular complexity index is 638. The van der Waals surface area contributed by atoms with E-state index in [1.807, 2.05) is 24.3 Å². The number of methoxy groups -OCH3 is 2. The summed E-state index contributed by atoms with van der Waals surface area (Å²) in [5.41, 5.74) is 1.38. The van der Waals surface area contributed by atoms with Crippen molar-refractivity contribution in [1.82, 2.24) is 9.55 Å². The van der Waals surface area contributed by atoms with Crippen LogP contribution in [0.5, 0.6) is 5.75 Å². The molecule has 0 amide bonds. The van der Waals surface area contributed by atoms with Crippen molar-refractivity contribution in [3.63, 3.8) is 0 Å². The van der Waals surface area contributed by atoms with E-state index in [4.69, 9.17) is 17.0 Å². The fraction of sp³-hybridized carbons (Fsp3) is 0.214. The van der Waals surface area contributed by atoms with Gasteiger partial charge < -0.3 is 9.47 Å². The average molecular weight is 322 g/mol. The highest BCUT2D eigenvalue weighted by atomic mass is 32.2. The molecule has 0 aliphatic rings. The number of esters is 1. The second kappa shape index (κ2) is 7.24. The number of thioether (sulfide) groups is 1. The molecule has 0 aliphatic heterocycles. The van der Waals surface area contributed by atoms with Gasteiger partial charge in [-0.05, 0) is 17.7 Å². The number of carbonyl (C=O) groups is 1. The van der Waals surface area contributed by atoms with Crippen LogP contribution in [0.1, 0.15) is 16.1 Å². The molecule has 0 unspecified atom stereocenters. The van der Waals surface area contributed by atoms with E-state index in [9.17, 15) is 4.79 Å². The SMILES string of the molecule is COC(=O)c1cn(C(=S)SCc2ccc(OC)cc2)cn1. The van der Waals surface area contributed by atoms with Crippen LogP contribution in [0.4, 0.5) is 0 Å². The molecule has 2 rings (SSSR count). The van der Waals surface area contributed by atoms with Crippen LogP contribution in [0.25, 0.3) is 0 Å². The van der Waals surface area contributed by atoms with Crippen molar-refractivity contribution in [3.05, 3.63) is 48.0 Å². The first-order chi connectivity index (χ1) is 10.1. The van der Waals surface area contributed by atoms with Gasteiger partial charge in [-0.15, -0.1) is 0 Å². The lowest BCUT2D eigenvalue weighted by molar-refractivity contribution is 0.0594. The number of hydrogen-bond acceptors (Lipinski definition) is 6. The Kier molecular flexibility index (Phi) is 5.35. The minimum atomic E-state index is -0.475. The summed E-state index contributed by atoms with van der Waals surface area (Å²) in [6, 6.07) is 7.79. The topological polar surface area (TPSA) is 53.4 Å². The largest absolute Gasteiger partial charge is 0.497 e. The van der Waals surface area contributed by atoms with Crippen LogP contribution < -0.4 is 4.74 Å². The zero-order valence-corrected chi connectivity index (χ0v) is 13.2. The second-order valence-electron chi connectivity index (χ2n) is 4.06. The predicted octanol–water partition coefficient (Wildman–Crippen LogP) is 2.74. The Labute approximate surface area is 132 Å². The van der Waals surface area contributed by atoms with Crippen LogP contribution in [-0.4, -0.2) is 34.1 Å². The van der Waals surface area contributed by atoms with E-state index in [0.29, 0.717) is 4.32 Å². The number of aromatic nitrogens is 2. The van der Waals surface area contributed by atoms with Gasteiger partial charge in [0.2, 0.25) is 0 Å². The summed E-state index contributed by atoms with van der Waals surface area (Å²) in [5.74, 6) is 1.08. The summed E-state index contributed by atoms with van der Waals surface area (Å²) in [6.45, 7) is 0. The number of ether oxygens (including phenoxy) is 2. The van der Waals surface area contributed by atoms with Crippen LogP contribution in [0.15, 0.2) is 36.8 Å². The van der Waals surface area contributed by atoms with Gasteiger partial charge in [-0.1, -0.05) is 36.1 Å². The molecule has 0 aliphatic carbocycles. The number of benzene rings is 1. The second-order valence-corrected chi connectivity index (χ2v) is 5.67. The molecule has 0 N–H and O–H groups in total. The third-order valence-corrected chi connectivity index (χ3v) is 4.21. The maximum absolute atomic E-state index is 11.3. The highest BCUT2D eigenvalue weighted by Crippen LogP contribution is 2.18. The van der Waals surface area contributed by atoms with E-state index in [1.54, 1.807) is 17.9 Å². The molecule has 0 saturated carbocycles. The highest BCUT2D eigenvalue weighted by molar-refractivity contribution is 8.22. The van der Waals surface area contributed by atoms with Gasteiger partial charge in [0.1, 0.15) is 16.4 Å². The number of imidazole rings is 1. The molecule has 0 spiro atoms. The Morgan fingerprint density at radius 2 is 2.05 bits per heavy atom. The van der Waals surface area contributed by atoms with Crippen molar-refractivity contribution in [1.29, 1.82) is 0 Å². The molecular weight excluding hydrogens is 308 g/mol. The quantitative estimate of drug-likeness (QED) is 0.637. The van der Waals surface area contributed by atoms with Crippen LogP contribution in [0, 0.1) is 0 Å². The van der Waals surface area contributed by atoms with Crippen LogP contribution in [0.2, 0.25) is 0 Å². The van der Waals surface area contributed by atoms with Gasteiger partial charge in [0.05, 0.1) is 14.2 Å². The summed E-state index contributed by atoms with van der Waals surface area (Å²) < 4.78 is 12.0. The molecule has 110 valence electrons. The highest BCUT2D eigenvalue weighted by Gasteiger charge is 2.11. The lowest BCUT2D eigenvalue weighted by Crippen LogP contribution is -2.04. The van der Waals surface area contributed by atoms with E-state index >= 15 is 0 Å².